The number of benzene rings is 1. The fourth-order valence-electron chi connectivity index (χ4n) is 1.43. The highest BCUT2D eigenvalue weighted by molar-refractivity contribution is 7.15. The van der Waals surface area contributed by atoms with Crippen molar-refractivity contribution in [3.05, 3.63) is 35.3 Å². The Kier molecular flexibility index (Phi) is 3.39. The number of carbonyl (C=O) groups is 1. The Hall–Kier alpha value is -1.88. The van der Waals surface area contributed by atoms with Gasteiger partial charge in [0.15, 0.2) is 0 Å². The van der Waals surface area contributed by atoms with Crippen molar-refractivity contribution in [2.24, 2.45) is 0 Å². The summed E-state index contributed by atoms with van der Waals surface area (Å²) < 4.78 is 0. The first-order chi connectivity index (χ1) is 8.15. The van der Waals surface area contributed by atoms with E-state index >= 15 is 0 Å². The average molecular weight is 249 g/mol. The van der Waals surface area contributed by atoms with Crippen LogP contribution in [0.5, 0.6) is 5.75 Å². The number of carboxylic acids is 1. The number of phenols is 1. The van der Waals surface area contributed by atoms with Crippen molar-refractivity contribution in [1.29, 1.82) is 0 Å². The maximum absolute atomic E-state index is 10.4. The molecule has 1 aromatic heterocycles. The van der Waals surface area contributed by atoms with E-state index < -0.39 is 5.97 Å². The first-order valence-electron chi connectivity index (χ1n) is 5.11. The summed E-state index contributed by atoms with van der Waals surface area (Å²) in [7, 11) is 0. The number of nitrogens with zero attached hydrogens (tertiary/aromatic N) is 1. The van der Waals surface area contributed by atoms with Crippen molar-refractivity contribution in [1.82, 2.24) is 4.98 Å². The van der Waals surface area contributed by atoms with Crippen LogP contribution in [0, 0.1) is 0 Å². The lowest BCUT2D eigenvalue weighted by molar-refractivity contribution is -0.136. The smallest absolute Gasteiger partial charge is 0.303 e. The number of carboxylic acid groups (broad SMARTS) is 1. The second-order valence-electron chi connectivity index (χ2n) is 3.58. The van der Waals surface area contributed by atoms with Crippen LogP contribution in [0.3, 0.4) is 0 Å². The van der Waals surface area contributed by atoms with E-state index in [-0.39, 0.29) is 12.2 Å². The number of thiazole rings is 1. The van der Waals surface area contributed by atoms with Gasteiger partial charge in [0.25, 0.3) is 0 Å². The van der Waals surface area contributed by atoms with Gasteiger partial charge in [-0.3, -0.25) is 4.79 Å². The van der Waals surface area contributed by atoms with Gasteiger partial charge in [0.1, 0.15) is 10.8 Å². The molecule has 2 N–H and O–H groups in total. The topological polar surface area (TPSA) is 70.4 Å². The van der Waals surface area contributed by atoms with Crippen LogP contribution < -0.4 is 0 Å². The number of aryl methyl sites for hydroxylation is 1. The number of phenolic OH excluding ortho intramolecular Hbond substituents is 1. The maximum Gasteiger partial charge on any atom is 0.303 e. The standard InChI is InChI=1S/C12H11NO3S/c14-9-3-1-2-8(6-9)12-13-7-10(17-12)4-5-11(15)16/h1-3,6-7,14H,4-5H2,(H,15,16). The third-order valence-corrected chi connectivity index (χ3v) is 3.34. The van der Waals surface area contributed by atoms with Crippen LogP contribution in [0.25, 0.3) is 10.6 Å². The fourth-order valence-corrected chi connectivity index (χ4v) is 2.33. The molecule has 5 heteroatoms. The first-order valence-corrected chi connectivity index (χ1v) is 5.93. The number of rotatable bonds is 4. The molecule has 0 radical (unpaired) electrons. The lowest BCUT2D eigenvalue weighted by atomic mass is 10.2. The zero-order valence-corrected chi connectivity index (χ0v) is 9.78. The molecule has 0 aliphatic rings. The van der Waals surface area contributed by atoms with Gasteiger partial charge < -0.3 is 10.2 Å². The Morgan fingerprint density at radius 2 is 2.24 bits per heavy atom. The van der Waals surface area contributed by atoms with Crippen molar-refractivity contribution in [3.63, 3.8) is 0 Å². The first kappa shape index (κ1) is 11.6. The molecule has 0 aliphatic carbocycles. The van der Waals surface area contributed by atoms with Crippen LogP contribution in [-0.2, 0) is 11.2 Å². The van der Waals surface area contributed by atoms with E-state index in [1.807, 2.05) is 6.07 Å². The van der Waals surface area contributed by atoms with Crippen LogP contribution in [0.2, 0.25) is 0 Å². The van der Waals surface area contributed by atoms with E-state index in [1.54, 1.807) is 24.4 Å². The summed E-state index contributed by atoms with van der Waals surface area (Å²) >= 11 is 1.45. The predicted molar refractivity (Wildman–Crippen MR) is 65.2 cm³/mol. The summed E-state index contributed by atoms with van der Waals surface area (Å²) in [6.45, 7) is 0. The Labute approximate surface area is 102 Å². The zero-order chi connectivity index (χ0) is 12.3. The summed E-state index contributed by atoms with van der Waals surface area (Å²) in [5.41, 5.74) is 0.844. The molecule has 2 rings (SSSR count). The molecule has 2 aromatic rings. The summed E-state index contributed by atoms with van der Waals surface area (Å²) in [6, 6.07) is 6.85. The van der Waals surface area contributed by atoms with Gasteiger partial charge in [-0.25, -0.2) is 4.98 Å². The van der Waals surface area contributed by atoms with E-state index in [0.717, 1.165) is 15.4 Å². The summed E-state index contributed by atoms with van der Waals surface area (Å²) in [5.74, 6) is -0.609. The predicted octanol–water partition coefficient (Wildman–Crippen LogP) is 2.53. The van der Waals surface area contributed by atoms with Crippen LogP contribution in [0.4, 0.5) is 0 Å². The Balaban J connectivity index is 2.15. The SMILES string of the molecule is O=C(O)CCc1cnc(-c2cccc(O)c2)s1. The summed E-state index contributed by atoms with van der Waals surface area (Å²) in [6.07, 6.45) is 2.29. The quantitative estimate of drug-likeness (QED) is 0.873. The molecule has 0 amide bonds. The van der Waals surface area contributed by atoms with E-state index in [2.05, 4.69) is 4.98 Å². The molecule has 1 aromatic carbocycles. The lowest BCUT2D eigenvalue weighted by Gasteiger charge is -1.96. The highest BCUT2D eigenvalue weighted by Gasteiger charge is 2.06. The highest BCUT2D eigenvalue weighted by Crippen LogP contribution is 2.27. The van der Waals surface area contributed by atoms with Gasteiger partial charge in [0.05, 0.1) is 6.42 Å². The van der Waals surface area contributed by atoms with Crippen LogP contribution in [0.15, 0.2) is 30.5 Å². The number of hydrogen-bond donors (Lipinski definition) is 2. The summed E-state index contributed by atoms with van der Waals surface area (Å²) in [5, 5.41) is 18.7. The average Bonchev–Trinajstić information content (AvgIpc) is 2.75. The molecule has 0 unspecified atom stereocenters. The van der Waals surface area contributed by atoms with Crippen molar-refractivity contribution in [2.45, 2.75) is 12.8 Å². The maximum atomic E-state index is 10.4. The zero-order valence-electron chi connectivity index (χ0n) is 8.96. The second kappa shape index (κ2) is 4.97. The van der Waals surface area contributed by atoms with Crippen LogP contribution in [0.1, 0.15) is 11.3 Å². The normalized spacial score (nSPS) is 10.4. The molecule has 88 valence electrons. The number of aliphatic carboxylic acids is 1. The van der Waals surface area contributed by atoms with Gasteiger partial charge in [-0.1, -0.05) is 12.1 Å². The minimum absolute atomic E-state index is 0.113. The molecule has 0 spiro atoms. The van der Waals surface area contributed by atoms with E-state index in [9.17, 15) is 9.90 Å². The Bertz CT molecular complexity index is 536. The molecule has 0 fully saturated rings. The minimum atomic E-state index is -0.808. The Morgan fingerprint density at radius 1 is 1.41 bits per heavy atom. The van der Waals surface area contributed by atoms with Gasteiger partial charge >= 0.3 is 5.97 Å². The van der Waals surface area contributed by atoms with Crippen molar-refractivity contribution in [3.8, 4) is 16.3 Å². The fraction of sp³-hybridized carbons (Fsp3) is 0.167. The van der Waals surface area contributed by atoms with Crippen molar-refractivity contribution in [2.75, 3.05) is 0 Å². The van der Waals surface area contributed by atoms with Gasteiger partial charge in [0.2, 0.25) is 0 Å². The van der Waals surface area contributed by atoms with Crippen molar-refractivity contribution < 1.29 is 15.0 Å². The largest absolute Gasteiger partial charge is 0.508 e. The third kappa shape index (κ3) is 3.04. The van der Waals surface area contributed by atoms with E-state index in [0.29, 0.717) is 6.42 Å². The summed E-state index contributed by atoms with van der Waals surface area (Å²) in [4.78, 5) is 15.6. The highest BCUT2D eigenvalue weighted by atomic mass is 32.1. The van der Waals surface area contributed by atoms with Gasteiger partial charge in [-0.05, 0) is 18.6 Å². The molecule has 0 aliphatic heterocycles. The molecular formula is C12H11NO3S. The lowest BCUT2D eigenvalue weighted by Crippen LogP contribution is -1.95. The molecule has 0 saturated heterocycles. The van der Waals surface area contributed by atoms with Gasteiger partial charge in [-0.2, -0.15) is 0 Å². The van der Waals surface area contributed by atoms with E-state index in [1.165, 1.54) is 11.3 Å². The molecule has 0 bridgehead atoms. The molecule has 1 heterocycles. The third-order valence-electron chi connectivity index (χ3n) is 2.23. The molecule has 17 heavy (non-hydrogen) atoms. The monoisotopic (exact) mass is 249 g/mol. The molecular weight excluding hydrogens is 238 g/mol. The Morgan fingerprint density at radius 3 is 2.94 bits per heavy atom. The van der Waals surface area contributed by atoms with Gasteiger partial charge in [-0.15, -0.1) is 11.3 Å². The molecule has 0 saturated carbocycles. The van der Waals surface area contributed by atoms with E-state index in [4.69, 9.17) is 5.11 Å². The molecule has 0 atom stereocenters. The van der Waals surface area contributed by atoms with Crippen LogP contribution >= 0.6 is 11.3 Å². The van der Waals surface area contributed by atoms with Crippen molar-refractivity contribution >= 4 is 17.3 Å². The number of hydrogen-bond acceptors (Lipinski definition) is 4. The second-order valence-corrected chi connectivity index (χ2v) is 4.69. The number of aromatic hydroxyl groups is 1. The number of aromatic nitrogens is 1. The minimum Gasteiger partial charge on any atom is -0.508 e. The molecule has 4 nitrogen and oxygen atoms in total. The van der Waals surface area contributed by atoms with Crippen LogP contribution in [-0.4, -0.2) is 21.2 Å². The van der Waals surface area contributed by atoms with Gasteiger partial charge in [0, 0.05) is 16.6 Å².